The average Bonchev–Trinajstić information content (AvgIpc) is 2.48. The van der Waals surface area contributed by atoms with Crippen LogP contribution in [0.4, 0.5) is 4.79 Å². The van der Waals surface area contributed by atoms with Crippen molar-refractivity contribution in [1.29, 1.82) is 0 Å². The van der Waals surface area contributed by atoms with E-state index in [2.05, 4.69) is 4.74 Å². The molecule has 0 spiro atoms. The molecule has 2 N–H and O–H groups in total. The van der Waals surface area contributed by atoms with Gasteiger partial charge in [0, 0.05) is 5.56 Å². The van der Waals surface area contributed by atoms with E-state index in [4.69, 9.17) is 19.9 Å². The van der Waals surface area contributed by atoms with Gasteiger partial charge in [-0.15, -0.1) is 0 Å². The molecule has 0 aliphatic carbocycles. The zero-order chi connectivity index (χ0) is 15.1. The summed E-state index contributed by atoms with van der Waals surface area (Å²) in [5.41, 5.74) is 5.69. The number of benzene rings is 1. The predicted molar refractivity (Wildman–Crippen MR) is 71.1 cm³/mol. The van der Waals surface area contributed by atoms with E-state index in [-0.39, 0.29) is 26.2 Å². The Morgan fingerprint density at radius 1 is 1.19 bits per heavy atom. The summed E-state index contributed by atoms with van der Waals surface area (Å²) in [6.07, 6.45) is -1.88. The van der Waals surface area contributed by atoms with Gasteiger partial charge in [-0.05, 0) is 0 Å². The first-order valence-electron chi connectivity index (χ1n) is 6.55. The summed E-state index contributed by atoms with van der Waals surface area (Å²) in [7, 11) is 0. The first kappa shape index (κ1) is 15.3. The third kappa shape index (κ3) is 5.05. The minimum atomic E-state index is -0.919. The molecule has 0 unspecified atom stereocenters. The minimum Gasteiger partial charge on any atom is -0.457 e. The smallest absolute Gasteiger partial charge is 0.404 e. The van der Waals surface area contributed by atoms with Gasteiger partial charge in [0.2, 0.25) is 0 Å². The summed E-state index contributed by atoms with van der Waals surface area (Å²) in [5.74, 6) is -0.494. The average molecular weight is 295 g/mol. The highest BCUT2D eigenvalue weighted by Crippen LogP contribution is 2.23. The Kier molecular flexibility index (Phi) is 5.53. The van der Waals surface area contributed by atoms with E-state index >= 15 is 0 Å². The van der Waals surface area contributed by atoms with E-state index in [1.54, 1.807) is 0 Å². The number of amides is 1. The maximum atomic E-state index is 11.5. The van der Waals surface area contributed by atoms with Gasteiger partial charge in [-0.2, -0.15) is 0 Å². The van der Waals surface area contributed by atoms with Crippen LogP contribution >= 0.6 is 0 Å². The van der Waals surface area contributed by atoms with Crippen LogP contribution in [0.15, 0.2) is 30.3 Å². The standard InChI is InChI=1S/C14H17NO6/c15-14(17)18-7-6-12(16)21-11-8-19-13(20-9-11)10-4-2-1-3-5-10/h1-5,11,13H,6-9H2,(H2,15,17). The van der Waals surface area contributed by atoms with Gasteiger partial charge in [0.25, 0.3) is 0 Å². The summed E-state index contributed by atoms with van der Waals surface area (Å²) in [6, 6.07) is 9.50. The fourth-order valence-electron chi connectivity index (χ4n) is 1.84. The van der Waals surface area contributed by atoms with Crippen LogP contribution in [0.25, 0.3) is 0 Å². The summed E-state index contributed by atoms with van der Waals surface area (Å²) in [4.78, 5) is 21.8. The molecule has 0 atom stereocenters. The predicted octanol–water partition coefficient (Wildman–Crippen LogP) is 1.13. The van der Waals surface area contributed by atoms with Crippen molar-refractivity contribution in [3.8, 4) is 0 Å². The highest BCUT2D eigenvalue weighted by atomic mass is 16.7. The normalized spacial score (nSPS) is 21.5. The molecule has 0 bridgehead atoms. The zero-order valence-corrected chi connectivity index (χ0v) is 11.4. The summed E-state index contributed by atoms with van der Waals surface area (Å²) < 4.78 is 20.6. The Morgan fingerprint density at radius 3 is 2.48 bits per heavy atom. The molecule has 1 aliphatic heterocycles. The van der Waals surface area contributed by atoms with Gasteiger partial charge in [-0.25, -0.2) is 4.79 Å². The van der Waals surface area contributed by atoms with E-state index in [0.29, 0.717) is 0 Å². The number of ether oxygens (including phenoxy) is 4. The van der Waals surface area contributed by atoms with Crippen LogP contribution in [0.5, 0.6) is 0 Å². The molecule has 0 radical (unpaired) electrons. The summed E-state index contributed by atoms with van der Waals surface area (Å²) in [5, 5.41) is 0. The molecule has 1 aromatic carbocycles. The highest BCUT2D eigenvalue weighted by molar-refractivity contribution is 5.70. The van der Waals surface area contributed by atoms with E-state index in [1.807, 2.05) is 30.3 Å². The number of carbonyl (C=O) groups is 2. The van der Waals surface area contributed by atoms with Gasteiger partial charge in [-0.1, -0.05) is 30.3 Å². The lowest BCUT2D eigenvalue weighted by atomic mass is 10.2. The van der Waals surface area contributed by atoms with Crippen LogP contribution in [0.3, 0.4) is 0 Å². The largest absolute Gasteiger partial charge is 0.457 e. The topological polar surface area (TPSA) is 97.1 Å². The molecule has 0 aromatic heterocycles. The second-order valence-electron chi connectivity index (χ2n) is 4.44. The maximum absolute atomic E-state index is 11.5. The molecule has 1 heterocycles. The third-order valence-electron chi connectivity index (χ3n) is 2.79. The molecule has 2 rings (SSSR count). The Bertz CT molecular complexity index is 470. The molecule has 21 heavy (non-hydrogen) atoms. The van der Waals surface area contributed by atoms with Gasteiger partial charge in [0.1, 0.15) is 12.7 Å². The molecule has 1 aromatic rings. The monoisotopic (exact) mass is 295 g/mol. The molecule has 1 saturated heterocycles. The lowest BCUT2D eigenvalue weighted by molar-refractivity contribution is -0.229. The number of hydrogen-bond donors (Lipinski definition) is 1. The molecule has 7 nitrogen and oxygen atoms in total. The van der Waals surface area contributed by atoms with Crippen molar-refractivity contribution >= 4 is 12.1 Å². The highest BCUT2D eigenvalue weighted by Gasteiger charge is 2.25. The van der Waals surface area contributed by atoms with Crippen LogP contribution < -0.4 is 5.73 Å². The quantitative estimate of drug-likeness (QED) is 0.818. The fourth-order valence-corrected chi connectivity index (χ4v) is 1.84. The number of hydrogen-bond acceptors (Lipinski definition) is 6. The molecular formula is C14H17NO6. The van der Waals surface area contributed by atoms with E-state index < -0.39 is 24.5 Å². The van der Waals surface area contributed by atoms with Crippen LogP contribution in [-0.2, 0) is 23.7 Å². The Balaban J connectivity index is 1.69. The van der Waals surface area contributed by atoms with Gasteiger partial charge in [0.15, 0.2) is 6.29 Å². The Hall–Kier alpha value is -2.12. The van der Waals surface area contributed by atoms with Gasteiger partial charge in [-0.3, -0.25) is 4.79 Å². The molecular weight excluding hydrogens is 278 g/mol. The zero-order valence-electron chi connectivity index (χ0n) is 11.4. The van der Waals surface area contributed by atoms with Crippen LogP contribution in [0.1, 0.15) is 18.3 Å². The van der Waals surface area contributed by atoms with Gasteiger partial charge in [0.05, 0.1) is 19.6 Å². The van der Waals surface area contributed by atoms with E-state index in [0.717, 1.165) is 5.56 Å². The fraction of sp³-hybridized carbons (Fsp3) is 0.429. The SMILES string of the molecule is NC(=O)OCCC(=O)OC1COC(c2ccccc2)OC1. The molecule has 1 aliphatic rings. The first-order valence-corrected chi connectivity index (χ1v) is 6.55. The lowest BCUT2D eigenvalue weighted by Gasteiger charge is -2.29. The Labute approximate surface area is 121 Å². The molecule has 114 valence electrons. The van der Waals surface area contributed by atoms with E-state index in [1.165, 1.54) is 0 Å². The van der Waals surface area contributed by atoms with Crippen molar-refractivity contribution in [1.82, 2.24) is 0 Å². The van der Waals surface area contributed by atoms with Crippen molar-refractivity contribution in [2.24, 2.45) is 5.73 Å². The number of rotatable bonds is 5. The van der Waals surface area contributed by atoms with Crippen molar-refractivity contribution in [2.75, 3.05) is 19.8 Å². The number of nitrogens with two attached hydrogens (primary N) is 1. The second kappa shape index (κ2) is 7.61. The number of esters is 1. The number of carbonyl (C=O) groups excluding carboxylic acids is 2. The van der Waals surface area contributed by atoms with Crippen molar-refractivity contribution < 1.29 is 28.5 Å². The van der Waals surface area contributed by atoms with Crippen molar-refractivity contribution in [3.05, 3.63) is 35.9 Å². The van der Waals surface area contributed by atoms with Gasteiger partial charge < -0.3 is 24.7 Å². The molecule has 1 amide bonds. The van der Waals surface area contributed by atoms with Crippen molar-refractivity contribution in [3.63, 3.8) is 0 Å². The number of primary amides is 1. The van der Waals surface area contributed by atoms with Crippen LogP contribution in [0.2, 0.25) is 0 Å². The molecule has 0 saturated carbocycles. The van der Waals surface area contributed by atoms with E-state index in [9.17, 15) is 9.59 Å². The lowest BCUT2D eigenvalue weighted by Crippen LogP contribution is -2.35. The molecule has 1 fully saturated rings. The van der Waals surface area contributed by atoms with Gasteiger partial charge >= 0.3 is 12.1 Å². The Morgan fingerprint density at radius 2 is 1.86 bits per heavy atom. The summed E-state index contributed by atoms with van der Waals surface area (Å²) in [6.45, 7) is 0.402. The maximum Gasteiger partial charge on any atom is 0.404 e. The first-order chi connectivity index (χ1) is 10.1. The second-order valence-corrected chi connectivity index (χ2v) is 4.44. The van der Waals surface area contributed by atoms with Crippen LogP contribution in [-0.4, -0.2) is 38.0 Å². The molecule has 7 heteroatoms. The van der Waals surface area contributed by atoms with Crippen molar-refractivity contribution in [2.45, 2.75) is 18.8 Å². The summed E-state index contributed by atoms with van der Waals surface area (Å²) >= 11 is 0. The third-order valence-corrected chi connectivity index (χ3v) is 2.79. The van der Waals surface area contributed by atoms with Crippen LogP contribution in [0, 0.1) is 0 Å². The minimum absolute atomic E-state index is 0.0540.